The van der Waals surface area contributed by atoms with Gasteiger partial charge in [-0.2, -0.15) is 0 Å². The minimum absolute atomic E-state index is 0.0220. The van der Waals surface area contributed by atoms with E-state index in [1.807, 2.05) is 5.32 Å². The lowest BCUT2D eigenvalue weighted by molar-refractivity contribution is -0.143. The summed E-state index contributed by atoms with van der Waals surface area (Å²) in [5, 5.41) is 51.1. The van der Waals surface area contributed by atoms with Crippen molar-refractivity contribution in [3.63, 3.8) is 0 Å². The van der Waals surface area contributed by atoms with E-state index in [-0.39, 0.29) is 50.7 Å². The van der Waals surface area contributed by atoms with E-state index in [4.69, 9.17) is 44.6 Å². The van der Waals surface area contributed by atoms with E-state index in [0.29, 0.717) is 0 Å². The fraction of sp³-hybridized carbons (Fsp3) is 0.633. The average molecular weight is 819 g/mol. The topological polar surface area (TPSA) is 488 Å². The maximum absolute atomic E-state index is 13.4. The maximum Gasteiger partial charge on any atom is 0.328 e. The molecule has 0 spiro atoms. The molecule has 0 fully saturated rings. The summed E-state index contributed by atoms with van der Waals surface area (Å²) in [6, 6.07) is -11.3. The predicted molar refractivity (Wildman–Crippen MR) is 198 cm³/mol. The van der Waals surface area contributed by atoms with Crippen LogP contribution in [0, 0.1) is 0 Å². The molecule has 0 aliphatic heterocycles. The molecule has 0 aliphatic carbocycles. The molecule has 0 saturated carbocycles. The largest absolute Gasteiger partial charge is 0.481 e. The number of nitrogens with two attached hydrogens (primary N) is 6. The van der Waals surface area contributed by atoms with Crippen molar-refractivity contribution in [2.24, 2.45) is 44.4 Å². The maximum atomic E-state index is 13.4. The van der Waals surface area contributed by atoms with Crippen LogP contribution in [0.5, 0.6) is 0 Å². The Morgan fingerprint density at radius 1 is 0.579 bits per heavy atom. The molecule has 0 aromatic carbocycles. The molecule has 0 aliphatic rings. The van der Waals surface area contributed by atoms with Crippen LogP contribution in [0.4, 0.5) is 0 Å². The smallest absolute Gasteiger partial charge is 0.328 e. The molecule has 0 radical (unpaired) electrons. The molecule has 57 heavy (non-hydrogen) atoms. The second kappa shape index (κ2) is 25.7. The number of carboxylic acids is 2. The lowest BCUT2D eigenvalue weighted by Gasteiger charge is -2.27. The SMILES string of the molecule is C[C@H](NC(=O)[C@H](CCCN=C(N)N)NC(=O)[C@@H](N)CC(=O)O)C(=O)N[C@H](C(=O)N[C@@H](CCCN=C(N)N)C(=O)N[C@@H](CC(N)=O)C(=O)N[C@@H](CO)C(=O)O)[C@@H](C)O. The Labute approximate surface area is 325 Å². The lowest BCUT2D eigenvalue weighted by Crippen LogP contribution is -2.61. The highest BCUT2D eigenvalue weighted by Crippen LogP contribution is 2.06. The zero-order valence-corrected chi connectivity index (χ0v) is 31.3. The lowest BCUT2D eigenvalue weighted by atomic mass is 10.1. The first-order valence-corrected chi connectivity index (χ1v) is 17.2. The minimum Gasteiger partial charge on any atom is -0.481 e. The number of aliphatic imine (C=N–C) groups is 2. The second-order valence-electron chi connectivity index (χ2n) is 12.5. The van der Waals surface area contributed by atoms with Gasteiger partial charge in [0.1, 0.15) is 36.3 Å². The van der Waals surface area contributed by atoms with E-state index >= 15 is 0 Å². The first kappa shape index (κ1) is 50.6. The van der Waals surface area contributed by atoms with Crippen LogP contribution in [0.25, 0.3) is 0 Å². The summed E-state index contributed by atoms with van der Waals surface area (Å²) in [7, 11) is 0. The predicted octanol–water partition coefficient (Wildman–Crippen LogP) is -8.84. The van der Waals surface area contributed by atoms with Gasteiger partial charge in [-0.15, -0.1) is 0 Å². The number of rotatable bonds is 27. The number of aliphatic carboxylic acids is 2. The number of carbonyl (C=O) groups is 9. The molecular formula is C30H54N14O13. The van der Waals surface area contributed by atoms with Crippen molar-refractivity contribution in [1.82, 2.24) is 31.9 Å². The number of carboxylic acid groups (broad SMARTS) is 2. The number of hydrogen-bond acceptors (Lipinski definition) is 14. The molecule has 27 nitrogen and oxygen atoms in total. The fourth-order valence-electron chi connectivity index (χ4n) is 4.57. The number of guanidine groups is 2. The molecule has 0 rings (SSSR count). The van der Waals surface area contributed by atoms with Crippen LogP contribution in [0.3, 0.4) is 0 Å². The highest BCUT2D eigenvalue weighted by molar-refractivity contribution is 5.98. The summed E-state index contributed by atoms with van der Waals surface area (Å²) < 4.78 is 0. The Kier molecular flexibility index (Phi) is 22.8. The highest BCUT2D eigenvalue weighted by Gasteiger charge is 2.34. The average Bonchev–Trinajstić information content (AvgIpc) is 3.09. The van der Waals surface area contributed by atoms with Gasteiger partial charge in [0.25, 0.3) is 0 Å². The van der Waals surface area contributed by atoms with Gasteiger partial charge in [-0.25, -0.2) is 4.79 Å². The second-order valence-corrected chi connectivity index (χ2v) is 12.5. The fourth-order valence-corrected chi connectivity index (χ4v) is 4.57. The van der Waals surface area contributed by atoms with Crippen molar-refractivity contribution in [2.75, 3.05) is 19.7 Å². The van der Waals surface area contributed by atoms with Gasteiger partial charge in [0, 0.05) is 13.1 Å². The van der Waals surface area contributed by atoms with Crippen LogP contribution in [0.1, 0.15) is 52.4 Å². The molecule has 8 atom stereocenters. The van der Waals surface area contributed by atoms with E-state index in [1.54, 1.807) is 0 Å². The molecule has 7 amide bonds. The Balaban J connectivity index is 6.14. The normalized spacial score (nSPS) is 14.9. The van der Waals surface area contributed by atoms with Crippen molar-refractivity contribution in [2.45, 2.75) is 101 Å². The van der Waals surface area contributed by atoms with Gasteiger partial charge in [0.2, 0.25) is 41.4 Å². The van der Waals surface area contributed by atoms with Gasteiger partial charge in [0.05, 0.1) is 31.6 Å². The quantitative estimate of drug-likeness (QED) is 0.0208. The summed E-state index contributed by atoms with van der Waals surface area (Å²) in [5.74, 6) is -11.1. The van der Waals surface area contributed by atoms with Crippen LogP contribution < -0.4 is 66.3 Å². The Morgan fingerprint density at radius 2 is 1.02 bits per heavy atom. The molecule has 0 heterocycles. The van der Waals surface area contributed by atoms with Crippen molar-refractivity contribution in [1.29, 1.82) is 0 Å². The number of nitrogens with zero attached hydrogens (tertiary/aromatic N) is 2. The molecule has 322 valence electrons. The van der Waals surface area contributed by atoms with Gasteiger partial charge in [-0.05, 0) is 39.5 Å². The first-order valence-electron chi connectivity index (χ1n) is 17.2. The van der Waals surface area contributed by atoms with Gasteiger partial charge < -0.3 is 86.7 Å². The van der Waals surface area contributed by atoms with Crippen molar-refractivity contribution < 1.29 is 63.6 Å². The van der Waals surface area contributed by atoms with Crippen LogP contribution in [0.2, 0.25) is 0 Å². The number of aliphatic hydroxyl groups excluding tert-OH is 2. The van der Waals surface area contributed by atoms with Crippen LogP contribution in [0.15, 0.2) is 9.98 Å². The summed E-state index contributed by atoms with van der Waals surface area (Å²) in [6.45, 7) is 1.23. The molecular weight excluding hydrogens is 764 g/mol. The van der Waals surface area contributed by atoms with E-state index in [2.05, 4.69) is 36.6 Å². The zero-order valence-electron chi connectivity index (χ0n) is 31.3. The van der Waals surface area contributed by atoms with Crippen molar-refractivity contribution in [3.8, 4) is 0 Å². The number of aliphatic hydroxyl groups is 2. The van der Waals surface area contributed by atoms with Crippen LogP contribution in [-0.2, 0) is 43.2 Å². The third kappa shape index (κ3) is 20.8. The Hall–Kier alpha value is -6.35. The standard InChI is InChI=1S/C30H54N14O13/c1-12(39-24(52)15(5-3-7-37-29(33)34)40-23(51)14(31)9-20(48)49)22(50)44-21(13(2)46)27(55)41-16(6-4-8-38-30(35)36)25(53)42-17(10-19(32)47)26(54)43-18(11-45)28(56)57/h12-18,21,45-46H,3-11,31H2,1-2H3,(H2,32,47)(H,39,52)(H,40,51)(H,41,55)(H,42,53)(H,43,54)(H,44,50)(H,48,49)(H,56,57)(H4,33,34,37)(H4,35,36,38)/t12-,13+,14-,15-,16-,17-,18-,21-/m0/s1. The molecule has 22 N–H and O–H groups in total. The third-order valence-corrected chi connectivity index (χ3v) is 7.54. The summed E-state index contributed by atoms with van der Waals surface area (Å²) in [4.78, 5) is 120. The van der Waals surface area contributed by atoms with Crippen LogP contribution >= 0.6 is 0 Å². The first-order chi connectivity index (χ1) is 26.5. The number of primary amides is 1. The highest BCUT2D eigenvalue weighted by atomic mass is 16.4. The van der Waals surface area contributed by atoms with E-state index in [0.717, 1.165) is 6.92 Å². The molecule has 0 aromatic rings. The van der Waals surface area contributed by atoms with Crippen LogP contribution in [-0.4, -0.2) is 154 Å². The summed E-state index contributed by atoms with van der Waals surface area (Å²) in [6.07, 6.45) is -3.42. The number of amides is 7. The van der Waals surface area contributed by atoms with Crippen molar-refractivity contribution >= 4 is 65.2 Å². The van der Waals surface area contributed by atoms with E-state index in [9.17, 15) is 53.4 Å². The monoisotopic (exact) mass is 818 g/mol. The van der Waals surface area contributed by atoms with Gasteiger partial charge in [-0.1, -0.05) is 0 Å². The van der Waals surface area contributed by atoms with Gasteiger partial charge in [0.15, 0.2) is 11.9 Å². The molecule has 27 heteroatoms. The molecule has 0 saturated heterocycles. The summed E-state index contributed by atoms with van der Waals surface area (Å²) >= 11 is 0. The number of carbonyl (C=O) groups excluding carboxylic acids is 7. The Morgan fingerprint density at radius 3 is 1.44 bits per heavy atom. The molecule has 0 aromatic heterocycles. The van der Waals surface area contributed by atoms with Crippen molar-refractivity contribution in [3.05, 3.63) is 0 Å². The third-order valence-electron chi connectivity index (χ3n) is 7.54. The molecule has 0 bridgehead atoms. The van der Waals surface area contributed by atoms with E-state index in [1.165, 1.54) is 6.92 Å². The minimum atomic E-state index is -1.81. The van der Waals surface area contributed by atoms with Gasteiger partial charge >= 0.3 is 11.9 Å². The Bertz CT molecular complexity index is 1500. The van der Waals surface area contributed by atoms with E-state index < -0.39 is 121 Å². The molecule has 0 unspecified atom stereocenters. The zero-order chi connectivity index (χ0) is 44.0. The summed E-state index contributed by atoms with van der Waals surface area (Å²) in [5.41, 5.74) is 32.0. The number of hydrogen-bond donors (Lipinski definition) is 16. The van der Waals surface area contributed by atoms with Gasteiger partial charge in [-0.3, -0.25) is 48.3 Å². The number of nitrogens with one attached hydrogen (secondary N) is 6.